The summed E-state index contributed by atoms with van der Waals surface area (Å²) >= 11 is 0. The molecule has 0 fully saturated rings. The number of aliphatic carboxylic acids is 1. The maximum atomic E-state index is 15.1. The van der Waals surface area contributed by atoms with Gasteiger partial charge in [0.1, 0.15) is 22.3 Å². The van der Waals surface area contributed by atoms with Crippen molar-refractivity contribution in [1.82, 2.24) is 24.3 Å². The molecule has 2 aromatic carbocycles. The number of carboxylic acids is 1. The lowest BCUT2D eigenvalue weighted by molar-refractivity contribution is -0.137. The van der Waals surface area contributed by atoms with E-state index in [0.29, 0.717) is 11.1 Å². The van der Waals surface area contributed by atoms with Gasteiger partial charge in [-0.1, -0.05) is 23.4 Å². The minimum Gasteiger partial charge on any atom is -0.481 e. The van der Waals surface area contributed by atoms with E-state index >= 15 is 4.39 Å². The Bertz CT molecular complexity index is 1530. The van der Waals surface area contributed by atoms with Crippen LogP contribution in [0.5, 0.6) is 5.88 Å². The highest BCUT2D eigenvalue weighted by Gasteiger charge is 2.35. The lowest BCUT2D eigenvalue weighted by Gasteiger charge is -2.41. The average molecular weight is 542 g/mol. The summed E-state index contributed by atoms with van der Waals surface area (Å²) in [5, 5.41) is 18.0. The molecule has 0 saturated carbocycles. The topological polar surface area (TPSA) is 134 Å². The van der Waals surface area contributed by atoms with Crippen LogP contribution in [0.2, 0.25) is 0 Å². The maximum Gasteiger partial charge on any atom is 0.304 e. The summed E-state index contributed by atoms with van der Waals surface area (Å²) in [5.41, 5.74) is 3.83. The second kappa shape index (κ2) is 9.95. The van der Waals surface area contributed by atoms with Gasteiger partial charge in [-0.25, -0.2) is 14.1 Å². The molecule has 1 aliphatic heterocycles. The highest BCUT2D eigenvalue weighted by Crippen LogP contribution is 2.56. The molecule has 0 amide bonds. The fourth-order valence-electron chi connectivity index (χ4n) is 4.92. The third kappa shape index (κ3) is 4.71. The SMILES string of the molecule is Cc1c(C(CC(=O)O)c2ccc(F)c(CN3C[C@@H](C)Oc4ncccc4S3(O)O)c2)ccc2c1nnn2C. The molecule has 4 aromatic rings. The zero-order valence-corrected chi connectivity index (χ0v) is 21.9. The molecule has 0 saturated heterocycles. The second-order valence-corrected chi connectivity index (χ2v) is 11.4. The molecule has 10 nitrogen and oxygen atoms in total. The van der Waals surface area contributed by atoms with Crippen LogP contribution < -0.4 is 4.74 Å². The van der Waals surface area contributed by atoms with E-state index in [9.17, 15) is 19.0 Å². The van der Waals surface area contributed by atoms with Crippen LogP contribution in [0.1, 0.15) is 41.5 Å². The molecule has 1 aliphatic rings. The van der Waals surface area contributed by atoms with Gasteiger partial charge in [0.15, 0.2) is 0 Å². The number of aromatic nitrogens is 4. The average Bonchev–Trinajstić information content (AvgIpc) is 3.21. The number of hydrogen-bond acceptors (Lipinski definition) is 8. The zero-order valence-electron chi connectivity index (χ0n) is 21.1. The monoisotopic (exact) mass is 541 g/mol. The Morgan fingerprint density at radius 3 is 2.82 bits per heavy atom. The van der Waals surface area contributed by atoms with Crippen LogP contribution in [0.15, 0.2) is 53.6 Å². The van der Waals surface area contributed by atoms with Crippen molar-refractivity contribution in [2.75, 3.05) is 6.54 Å². The van der Waals surface area contributed by atoms with Crippen LogP contribution in [0.25, 0.3) is 11.0 Å². The Hall–Kier alpha value is -3.58. The van der Waals surface area contributed by atoms with Gasteiger partial charge >= 0.3 is 5.97 Å². The van der Waals surface area contributed by atoms with Gasteiger partial charge in [0.25, 0.3) is 0 Å². The van der Waals surface area contributed by atoms with E-state index in [-0.39, 0.29) is 35.8 Å². The van der Waals surface area contributed by atoms with Crippen molar-refractivity contribution in [3.63, 3.8) is 0 Å². The van der Waals surface area contributed by atoms with Crippen molar-refractivity contribution in [3.05, 3.63) is 76.7 Å². The first-order valence-corrected chi connectivity index (χ1v) is 13.5. The number of nitrogens with zero attached hydrogens (tertiary/aromatic N) is 5. The first-order valence-electron chi connectivity index (χ1n) is 12.0. The zero-order chi connectivity index (χ0) is 27.2. The van der Waals surface area contributed by atoms with Gasteiger partial charge in [0.05, 0.1) is 18.5 Å². The van der Waals surface area contributed by atoms with Crippen LogP contribution in [0.4, 0.5) is 4.39 Å². The maximum absolute atomic E-state index is 15.1. The molecular formula is C26H28FN5O5S. The Labute approximate surface area is 220 Å². The Morgan fingerprint density at radius 2 is 2.05 bits per heavy atom. The Balaban J connectivity index is 1.54. The number of carboxylic acid groups (broad SMARTS) is 1. The van der Waals surface area contributed by atoms with E-state index in [1.807, 2.05) is 19.1 Å². The lowest BCUT2D eigenvalue weighted by Crippen LogP contribution is -2.33. The number of pyridine rings is 1. The summed E-state index contributed by atoms with van der Waals surface area (Å²) in [6.45, 7) is 3.62. The van der Waals surface area contributed by atoms with E-state index in [4.69, 9.17) is 4.74 Å². The minimum atomic E-state index is -3.53. The molecule has 1 unspecified atom stereocenters. The normalized spacial score (nSPS) is 18.8. The lowest BCUT2D eigenvalue weighted by atomic mass is 9.85. The number of halogens is 1. The molecule has 0 bridgehead atoms. The van der Waals surface area contributed by atoms with Gasteiger partial charge in [-0.2, -0.15) is 4.31 Å². The standard InChI is InChI=1S/C26H28FN5O5S/c1-15-13-32(38(35,36)23-5-4-10-28-26(23)37-15)14-18-11-17(6-8-21(18)27)20(12-24(33)34)19-7-9-22-25(16(19)2)29-30-31(22)3/h4-11,15,20,35-36H,12-14H2,1-3H3,(H,33,34)/t15-,20?/m1/s1. The van der Waals surface area contributed by atoms with Crippen molar-refractivity contribution in [2.45, 2.75) is 43.7 Å². The number of benzene rings is 2. The van der Waals surface area contributed by atoms with Gasteiger partial charge < -0.3 is 9.84 Å². The number of fused-ring (bicyclic) bond motifs is 2. The molecule has 5 rings (SSSR count). The van der Waals surface area contributed by atoms with Gasteiger partial charge in [-0.05, 0) is 54.8 Å². The molecular weight excluding hydrogens is 513 g/mol. The molecule has 12 heteroatoms. The van der Waals surface area contributed by atoms with E-state index in [1.54, 1.807) is 36.9 Å². The molecule has 2 atom stereocenters. The predicted molar refractivity (Wildman–Crippen MR) is 140 cm³/mol. The third-order valence-electron chi connectivity index (χ3n) is 6.82. The molecule has 200 valence electrons. The first kappa shape index (κ1) is 26.0. The highest BCUT2D eigenvalue weighted by atomic mass is 32.3. The first-order chi connectivity index (χ1) is 18.1. The fraction of sp³-hybridized carbons (Fsp3) is 0.308. The number of carbonyl (C=O) groups is 1. The molecule has 0 radical (unpaired) electrons. The minimum absolute atomic E-state index is 0.114. The summed E-state index contributed by atoms with van der Waals surface area (Å²) in [6.07, 6.45) is 0.841. The smallest absolute Gasteiger partial charge is 0.304 e. The molecule has 0 aliphatic carbocycles. The summed E-state index contributed by atoms with van der Waals surface area (Å²) in [5.74, 6) is -2.00. The summed E-state index contributed by atoms with van der Waals surface area (Å²) in [6, 6.07) is 11.3. The molecule has 3 N–H and O–H groups in total. The molecule has 38 heavy (non-hydrogen) atoms. The van der Waals surface area contributed by atoms with E-state index in [2.05, 4.69) is 15.3 Å². The quantitative estimate of drug-likeness (QED) is 0.317. The molecule has 3 heterocycles. The van der Waals surface area contributed by atoms with Gasteiger partial charge in [0, 0.05) is 31.3 Å². The third-order valence-corrected chi connectivity index (χ3v) is 8.72. The van der Waals surface area contributed by atoms with E-state index in [0.717, 1.165) is 16.6 Å². The van der Waals surface area contributed by atoms with Gasteiger partial charge in [-0.15, -0.1) is 15.9 Å². The fourth-order valence-corrected chi connectivity index (χ4v) is 6.53. The Kier molecular flexibility index (Phi) is 6.82. The van der Waals surface area contributed by atoms with Crippen LogP contribution in [-0.2, 0) is 18.4 Å². The number of aryl methyl sites for hydroxylation is 2. The predicted octanol–water partition coefficient (Wildman–Crippen LogP) is 4.73. The van der Waals surface area contributed by atoms with E-state index < -0.39 is 34.6 Å². The Morgan fingerprint density at radius 1 is 1.26 bits per heavy atom. The van der Waals surface area contributed by atoms with Crippen molar-refractivity contribution in [1.29, 1.82) is 0 Å². The summed E-state index contributed by atoms with van der Waals surface area (Å²) in [7, 11) is -1.75. The molecule has 0 spiro atoms. The van der Waals surface area contributed by atoms with Crippen molar-refractivity contribution in [2.24, 2.45) is 7.05 Å². The van der Waals surface area contributed by atoms with Gasteiger partial charge in [0.2, 0.25) is 5.88 Å². The van der Waals surface area contributed by atoms with Crippen molar-refractivity contribution < 1.29 is 28.1 Å². The second-order valence-electron chi connectivity index (χ2n) is 9.44. The van der Waals surface area contributed by atoms with E-state index in [1.165, 1.54) is 22.6 Å². The number of hydrogen-bond donors (Lipinski definition) is 3. The van der Waals surface area contributed by atoms with Gasteiger partial charge in [-0.3, -0.25) is 13.9 Å². The number of rotatable bonds is 6. The van der Waals surface area contributed by atoms with Crippen LogP contribution in [0.3, 0.4) is 0 Å². The molecule has 2 aromatic heterocycles. The number of ether oxygens (including phenoxy) is 1. The summed E-state index contributed by atoms with van der Waals surface area (Å²) in [4.78, 5) is 16.1. The van der Waals surface area contributed by atoms with Crippen molar-refractivity contribution >= 4 is 27.8 Å². The van der Waals surface area contributed by atoms with Crippen LogP contribution >= 0.6 is 10.8 Å². The van der Waals surface area contributed by atoms with Crippen LogP contribution in [0, 0.1) is 12.7 Å². The largest absolute Gasteiger partial charge is 0.481 e. The van der Waals surface area contributed by atoms with Crippen LogP contribution in [-0.4, -0.2) is 57.1 Å². The highest BCUT2D eigenvalue weighted by molar-refractivity contribution is 8.22. The summed E-state index contributed by atoms with van der Waals surface area (Å²) < 4.78 is 46.3. The van der Waals surface area contributed by atoms with Crippen molar-refractivity contribution in [3.8, 4) is 5.88 Å².